The van der Waals surface area contributed by atoms with E-state index in [1.54, 1.807) is 11.8 Å². The van der Waals surface area contributed by atoms with Crippen LogP contribution in [0.15, 0.2) is 18.2 Å². The highest BCUT2D eigenvalue weighted by Crippen LogP contribution is 2.23. The SMILES string of the molecule is Cc1cc(NC(=O)CSC(C)(C)C)ccc1C#CCCO. The number of nitrogens with one attached hydrogen (secondary N) is 1. The molecule has 1 aromatic carbocycles. The highest BCUT2D eigenvalue weighted by Gasteiger charge is 2.13. The van der Waals surface area contributed by atoms with E-state index in [1.165, 1.54) is 0 Å². The average molecular weight is 305 g/mol. The van der Waals surface area contributed by atoms with Gasteiger partial charge in [0.05, 0.1) is 12.4 Å². The van der Waals surface area contributed by atoms with Crippen molar-refractivity contribution >= 4 is 23.4 Å². The van der Waals surface area contributed by atoms with Gasteiger partial charge in [-0.3, -0.25) is 4.79 Å². The number of thioether (sulfide) groups is 1. The summed E-state index contributed by atoms with van der Waals surface area (Å²) in [6.45, 7) is 8.31. The van der Waals surface area contributed by atoms with Gasteiger partial charge in [-0.05, 0) is 30.7 Å². The third-order valence-corrected chi connectivity index (χ3v) is 3.88. The smallest absolute Gasteiger partial charge is 0.234 e. The van der Waals surface area contributed by atoms with Crippen LogP contribution in [0.4, 0.5) is 5.69 Å². The summed E-state index contributed by atoms with van der Waals surface area (Å²) in [7, 11) is 0. The lowest BCUT2D eigenvalue weighted by atomic mass is 10.1. The third kappa shape index (κ3) is 7.22. The van der Waals surface area contributed by atoms with E-state index in [1.807, 2.05) is 25.1 Å². The predicted molar refractivity (Wildman–Crippen MR) is 90.6 cm³/mol. The fourth-order valence-corrected chi connectivity index (χ4v) is 2.21. The quantitative estimate of drug-likeness (QED) is 0.840. The molecule has 0 aliphatic carbocycles. The average Bonchev–Trinajstić information content (AvgIpc) is 2.38. The van der Waals surface area contributed by atoms with Gasteiger partial charge >= 0.3 is 0 Å². The van der Waals surface area contributed by atoms with Crippen molar-refractivity contribution in [1.29, 1.82) is 0 Å². The molecule has 21 heavy (non-hydrogen) atoms. The number of rotatable bonds is 4. The molecule has 1 rings (SSSR count). The van der Waals surface area contributed by atoms with Gasteiger partial charge in [0, 0.05) is 22.4 Å². The Kier molecular flexibility index (Phi) is 6.80. The van der Waals surface area contributed by atoms with Gasteiger partial charge in [-0.25, -0.2) is 0 Å². The molecule has 0 spiro atoms. The standard InChI is InChI=1S/C17H23NO2S/c1-13-11-15(9-8-14(13)7-5-6-10-19)18-16(20)12-21-17(2,3)4/h8-9,11,19H,6,10,12H2,1-4H3,(H,18,20). The van der Waals surface area contributed by atoms with E-state index in [9.17, 15) is 4.79 Å². The van der Waals surface area contributed by atoms with Crippen LogP contribution in [0.1, 0.15) is 38.3 Å². The molecular weight excluding hydrogens is 282 g/mol. The van der Waals surface area contributed by atoms with Gasteiger partial charge in [0.25, 0.3) is 0 Å². The minimum Gasteiger partial charge on any atom is -0.395 e. The van der Waals surface area contributed by atoms with Crippen LogP contribution in [0, 0.1) is 18.8 Å². The van der Waals surface area contributed by atoms with Crippen LogP contribution in [0.2, 0.25) is 0 Å². The highest BCUT2D eigenvalue weighted by atomic mass is 32.2. The van der Waals surface area contributed by atoms with Crippen molar-refractivity contribution in [2.45, 2.75) is 38.9 Å². The predicted octanol–water partition coefficient (Wildman–Crippen LogP) is 3.20. The number of amides is 1. The maximum Gasteiger partial charge on any atom is 0.234 e. The Morgan fingerprint density at radius 2 is 2.10 bits per heavy atom. The molecule has 4 heteroatoms. The van der Waals surface area contributed by atoms with E-state index >= 15 is 0 Å². The summed E-state index contributed by atoms with van der Waals surface area (Å²) < 4.78 is 0.0827. The van der Waals surface area contributed by atoms with Crippen molar-refractivity contribution in [1.82, 2.24) is 0 Å². The molecule has 0 fully saturated rings. The van der Waals surface area contributed by atoms with E-state index < -0.39 is 0 Å². The molecule has 0 atom stereocenters. The van der Waals surface area contributed by atoms with Crippen molar-refractivity contribution in [3.63, 3.8) is 0 Å². The number of carbonyl (C=O) groups excluding carboxylic acids is 1. The zero-order valence-electron chi connectivity index (χ0n) is 13.1. The van der Waals surface area contributed by atoms with E-state index in [2.05, 4.69) is 37.9 Å². The van der Waals surface area contributed by atoms with Crippen LogP contribution in [0.5, 0.6) is 0 Å². The topological polar surface area (TPSA) is 49.3 Å². The molecule has 1 aromatic rings. The molecule has 0 saturated carbocycles. The van der Waals surface area contributed by atoms with Crippen LogP contribution in [0.25, 0.3) is 0 Å². The minimum atomic E-state index is 0.00781. The Balaban J connectivity index is 2.64. The first kappa shape index (κ1) is 17.6. The first-order valence-electron chi connectivity index (χ1n) is 6.96. The largest absolute Gasteiger partial charge is 0.395 e. The molecule has 0 bridgehead atoms. The summed E-state index contributed by atoms with van der Waals surface area (Å²) in [4.78, 5) is 11.9. The van der Waals surface area contributed by atoms with Crippen LogP contribution in [0.3, 0.4) is 0 Å². The second-order valence-corrected chi connectivity index (χ2v) is 7.56. The minimum absolute atomic E-state index is 0.00781. The van der Waals surface area contributed by atoms with Crippen molar-refractivity contribution in [3.8, 4) is 11.8 Å². The van der Waals surface area contributed by atoms with Gasteiger partial charge in [0.2, 0.25) is 5.91 Å². The molecule has 0 aromatic heterocycles. The molecule has 0 aliphatic heterocycles. The van der Waals surface area contributed by atoms with E-state index in [4.69, 9.17) is 5.11 Å². The molecule has 0 heterocycles. The number of hydrogen-bond donors (Lipinski definition) is 2. The van der Waals surface area contributed by atoms with Gasteiger partial charge < -0.3 is 10.4 Å². The number of aliphatic hydroxyl groups is 1. The first-order valence-corrected chi connectivity index (χ1v) is 7.94. The van der Waals surface area contributed by atoms with Crippen LogP contribution in [-0.2, 0) is 4.79 Å². The second kappa shape index (κ2) is 8.11. The molecule has 0 aliphatic rings. The van der Waals surface area contributed by atoms with E-state index in [-0.39, 0.29) is 17.3 Å². The molecule has 3 nitrogen and oxygen atoms in total. The molecule has 1 amide bonds. The number of anilines is 1. The van der Waals surface area contributed by atoms with Crippen LogP contribution >= 0.6 is 11.8 Å². The van der Waals surface area contributed by atoms with Gasteiger partial charge in [0.15, 0.2) is 0 Å². The van der Waals surface area contributed by atoms with Gasteiger partial charge in [-0.2, -0.15) is 0 Å². The normalized spacial score (nSPS) is 10.7. The monoisotopic (exact) mass is 305 g/mol. The van der Waals surface area contributed by atoms with Gasteiger partial charge in [-0.1, -0.05) is 32.6 Å². The lowest BCUT2D eigenvalue weighted by Crippen LogP contribution is -2.18. The fraction of sp³-hybridized carbons (Fsp3) is 0.471. The lowest BCUT2D eigenvalue weighted by Gasteiger charge is -2.17. The van der Waals surface area contributed by atoms with Crippen molar-refractivity contribution < 1.29 is 9.90 Å². The van der Waals surface area contributed by atoms with Gasteiger partial charge in [0.1, 0.15) is 0 Å². The molecule has 0 radical (unpaired) electrons. The number of hydrogen-bond acceptors (Lipinski definition) is 3. The lowest BCUT2D eigenvalue weighted by molar-refractivity contribution is -0.113. The molecule has 2 N–H and O–H groups in total. The maximum atomic E-state index is 11.9. The molecule has 0 saturated heterocycles. The second-order valence-electron chi connectivity index (χ2n) is 5.75. The first-order chi connectivity index (χ1) is 9.81. The van der Waals surface area contributed by atoms with Crippen molar-refractivity contribution in [2.24, 2.45) is 0 Å². The summed E-state index contributed by atoms with van der Waals surface area (Å²) >= 11 is 1.62. The van der Waals surface area contributed by atoms with Crippen LogP contribution < -0.4 is 5.32 Å². The van der Waals surface area contributed by atoms with Gasteiger partial charge in [-0.15, -0.1) is 11.8 Å². The number of carbonyl (C=O) groups is 1. The number of aryl methyl sites for hydroxylation is 1. The molecule has 0 unspecified atom stereocenters. The Morgan fingerprint density at radius 3 is 2.67 bits per heavy atom. The van der Waals surface area contributed by atoms with Crippen molar-refractivity contribution in [2.75, 3.05) is 17.7 Å². The third-order valence-electron chi connectivity index (χ3n) is 2.61. The summed E-state index contributed by atoms with van der Waals surface area (Å²) in [6, 6.07) is 5.67. The maximum absolute atomic E-state index is 11.9. The summed E-state index contributed by atoms with van der Waals surface area (Å²) in [5, 5.41) is 11.6. The van der Waals surface area contributed by atoms with E-state index in [0.29, 0.717) is 12.2 Å². The van der Waals surface area contributed by atoms with E-state index in [0.717, 1.165) is 16.8 Å². The molecular formula is C17H23NO2S. The Morgan fingerprint density at radius 1 is 1.38 bits per heavy atom. The highest BCUT2D eigenvalue weighted by molar-refractivity contribution is 8.01. The number of aliphatic hydroxyl groups excluding tert-OH is 1. The summed E-state index contributed by atoms with van der Waals surface area (Å²) in [5.74, 6) is 6.36. The zero-order valence-corrected chi connectivity index (χ0v) is 13.9. The Bertz CT molecular complexity index is 550. The van der Waals surface area contributed by atoms with Crippen LogP contribution in [-0.4, -0.2) is 28.1 Å². The summed E-state index contributed by atoms with van der Waals surface area (Å²) in [6.07, 6.45) is 0.474. The molecule has 114 valence electrons. The number of benzene rings is 1. The van der Waals surface area contributed by atoms with Crippen molar-refractivity contribution in [3.05, 3.63) is 29.3 Å². The fourth-order valence-electron chi connectivity index (χ4n) is 1.57. The summed E-state index contributed by atoms with van der Waals surface area (Å²) in [5.41, 5.74) is 2.73. The Hall–Kier alpha value is -1.44. The Labute approximate surface area is 131 Å². The zero-order chi connectivity index (χ0) is 15.9.